The number of anilines is 1. The van der Waals surface area contributed by atoms with Crippen molar-refractivity contribution in [3.05, 3.63) is 29.3 Å². The zero-order valence-electron chi connectivity index (χ0n) is 11.7. The lowest BCUT2D eigenvalue weighted by atomic mass is 10.0. The maximum atomic E-state index is 5.78. The van der Waals surface area contributed by atoms with E-state index in [9.17, 15) is 0 Å². The van der Waals surface area contributed by atoms with E-state index in [1.54, 1.807) is 0 Å². The molecule has 100 valence electrons. The van der Waals surface area contributed by atoms with Gasteiger partial charge in [0.2, 0.25) is 0 Å². The van der Waals surface area contributed by atoms with Crippen molar-refractivity contribution in [3.63, 3.8) is 0 Å². The van der Waals surface area contributed by atoms with Crippen LogP contribution in [0.4, 0.5) is 5.69 Å². The molecule has 1 atom stereocenters. The maximum Gasteiger partial charge on any atom is 0.0747 e. The molecule has 0 spiro atoms. The molecule has 0 aromatic heterocycles. The maximum absolute atomic E-state index is 5.78. The Hall–Kier alpha value is -1.02. The van der Waals surface area contributed by atoms with Crippen LogP contribution in [-0.2, 0) is 17.6 Å². The number of para-hydroxylation sites is 1. The minimum absolute atomic E-state index is 0.397. The molecule has 0 bridgehead atoms. The van der Waals surface area contributed by atoms with Crippen LogP contribution in [0.1, 0.15) is 44.2 Å². The summed E-state index contributed by atoms with van der Waals surface area (Å²) in [5, 5.41) is 3.63. The van der Waals surface area contributed by atoms with Gasteiger partial charge in [0.15, 0.2) is 0 Å². The van der Waals surface area contributed by atoms with Crippen LogP contribution < -0.4 is 5.32 Å². The van der Waals surface area contributed by atoms with Gasteiger partial charge in [-0.25, -0.2) is 0 Å². The van der Waals surface area contributed by atoms with Crippen molar-refractivity contribution in [3.8, 4) is 0 Å². The third-order valence-electron chi connectivity index (χ3n) is 3.78. The molecule has 1 heterocycles. The first kappa shape index (κ1) is 13.4. The van der Waals surface area contributed by atoms with Crippen molar-refractivity contribution in [2.24, 2.45) is 0 Å². The molecular formula is C16H25NO. The van der Waals surface area contributed by atoms with E-state index in [-0.39, 0.29) is 0 Å². The van der Waals surface area contributed by atoms with Gasteiger partial charge in [0.25, 0.3) is 0 Å². The molecule has 2 heteroatoms. The molecule has 0 saturated carbocycles. The van der Waals surface area contributed by atoms with Crippen LogP contribution in [0.25, 0.3) is 0 Å². The molecule has 2 nitrogen and oxygen atoms in total. The van der Waals surface area contributed by atoms with Gasteiger partial charge in [-0.05, 0) is 43.2 Å². The highest BCUT2D eigenvalue weighted by atomic mass is 16.5. The minimum atomic E-state index is 0.397. The number of aryl methyl sites for hydroxylation is 2. The molecule has 1 unspecified atom stereocenters. The highest BCUT2D eigenvalue weighted by molar-refractivity contribution is 5.58. The molecule has 1 saturated heterocycles. The monoisotopic (exact) mass is 247 g/mol. The summed E-state index contributed by atoms with van der Waals surface area (Å²) in [6.45, 7) is 6.32. The number of benzene rings is 1. The van der Waals surface area contributed by atoms with E-state index in [4.69, 9.17) is 4.74 Å². The Morgan fingerprint density at radius 3 is 2.44 bits per heavy atom. The predicted octanol–water partition coefficient (Wildman–Crippen LogP) is 3.79. The Bertz CT molecular complexity index is 347. The number of rotatable bonds is 5. The van der Waals surface area contributed by atoms with Crippen molar-refractivity contribution in [1.29, 1.82) is 0 Å². The van der Waals surface area contributed by atoms with Crippen molar-refractivity contribution < 1.29 is 4.74 Å². The highest BCUT2D eigenvalue weighted by Crippen LogP contribution is 2.23. The van der Waals surface area contributed by atoms with E-state index in [0.717, 1.165) is 26.0 Å². The molecule has 1 aliphatic rings. The van der Waals surface area contributed by atoms with E-state index in [2.05, 4.69) is 37.4 Å². The van der Waals surface area contributed by atoms with Crippen molar-refractivity contribution in [1.82, 2.24) is 0 Å². The number of hydrogen-bond acceptors (Lipinski definition) is 2. The fourth-order valence-electron chi connectivity index (χ4n) is 2.65. The Labute approximate surface area is 111 Å². The lowest BCUT2D eigenvalue weighted by Gasteiger charge is -2.24. The summed E-state index contributed by atoms with van der Waals surface area (Å²) >= 11 is 0. The smallest absolute Gasteiger partial charge is 0.0747 e. The average Bonchev–Trinajstić information content (AvgIpc) is 2.45. The van der Waals surface area contributed by atoms with Gasteiger partial charge >= 0.3 is 0 Å². The van der Waals surface area contributed by atoms with Crippen LogP contribution >= 0.6 is 0 Å². The number of hydrogen-bond donors (Lipinski definition) is 1. The van der Waals surface area contributed by atoms with Gasteiger partial charge in [-0.1, -0.05) is 32.0 Å². The quantitative estimate of drug-likeness (QED) is 0.854. The van der Waals surface area contributed by atoms with Gasteiger partial charge in [-0.15, -0.1) is 0 Å². The first-order valence-corrected chi connectivity index (χ1v) is 7.31. The topological polar surface area (TPSA) is 21.3 Å². The van der Waals surface area contributed by atoms with Crippen LogP contribution in [0.3, 0.4) is 0 Å². The molecule has 1 aliphatic heterocycles. The first-order valence-electron chi connectivity index (χ1n) is 7.31. The van der Waals surface area contributed by atoms with E-state index < -0.39 is 0 Å². The summed E-state index contributed by atoms with van der Waals surface area (Å²) in [6, 6.07) is 6.62. The summed E-state index contributed by atoms with van der Waals surface area (Å²) in [6.07, 6.45) is 6.30. The van der Waals surface area contributed by atoms with E-state index in [0.29, 0.717) is 6.10 Å². The fourth-order valence-corrected chi connectivity index (χ4v) is 2.65. The van der Waals surface area contributed by atoms with Crippen LogP contribution in [-0.4, -0.2) is 19.3 Å². The Balaban J connectivity index is 2.02. The Morgan fingerprint density at radius 1 is 1.17 bits per heavy atom. The summed E-state index contributed by atoms with van der Waals surface area (Å²) in [5.41, 5.74) is 4.19. The third kappa shape index (κ3) is 3.26. The summed E-state index contributed by atoms with van der Waals surface area (Å²) in [4.78, 5) is 0. The summed E-state index contributed by atoms with van der Waals surface area (Å²) in [7, 11) is 0. The second-order valence-corrected chi connectivity index (χ2v) is 5.03. The van der Waals surface area contributed by atoms with Gasteiger partial charge < -0.3 is 10.1 Å². The van der Waals surface area contributed by atoms with Gasteiger partial charge in [-0.3, -0.25) is 0 Å². The molecule has 18 heavy (non-hydrogen) atoms. The largest absolute Gasteiger partial charge is 0.382 e. The van der Waals surface area contributed by atoms with Gasteiger partial charge in [0, 0.05) is 18.8 Å². The third-order valence-corrected chi connectivity index (χ3v) is 3.78. The SMILES string of the molecule is CCc1cccc(CC)c1NCC1CCCCO1. The molecule has 0 amide bonds. The van der Waals surface area contributed by atoms with Crippen molar-refractivity contribution >= 4 is 5.69 Å². The lowest BCUT2D eigenvalue weighted by molar-refractivity contribution is 0.0247. The zero-order chi connectivity index (χ0) is 12.8. The molecule has 1 aromatic carbocycles. The van der Waals surface area contributed by atoms with Gasteiger partial charge in [0.05, 0.1) is 6.10 Å². The first-order chi connectivity index (χ1) is 8.85. The van der Waals surface area contributed by atoms with E-state index in [1.807, 2.05) is 0 Å². The molecule has 0 aliphatic carbocycles. The lowest BCUT2D eigenvalue weighted by Crippen LogP contribution is -2.27. The highest BCUT2D eigenvalue weighted by Gasteiger charge is 2.14. The van der Waals surface area contributed by atoms with E-state index in [1.165, 1.54) is 36.1 Å². The minimum Gasteiger partial charge on any atom is -0.382 e. The normalized spacial score (nSPS) is 19.8. The fraction of sp³-hybridized carbons (Fsp3) is 0.625. The molecule has 1 fully saturated rings. The van der Waals surface area contributed by atoms with Gasteiger partial charge in [0.1, 0.15) is 0 Å². The number of nitrogens with one attached hydrogen (secondary N) is 1. The van der Waals surface area contributed by atoms with Crippen molar-refractivity contribution in [2.75, 3.05) is 18.5 Å². The molecule has 1 N–H and O–H groups in total. The van der Waals surface area contributed by atoms with Crippen LogP contribution in [0.2, 0.25) is 0 Å². The molecule has 0 radical (unpaired) electrons. The molecule has 2 rings (SSSR count). The van der Waals surface area contributed by atoms with Gasteiger partial charge in [-0.2, -0.15) is 0 Å². The molecular weight excluding hydrogens is 222 g/mol. The van der Waals surface area contributed by atoms with E-state index >= 15 is 0 Å². The van der Waals surface area contributed by atoms with Crippen molar-refractivity contribution in [2.45, 2.75) is 52.1 Å². The van der Waals surface area contributed by atoms with Crippen LogP contribution in [0.5, 0.6) is 0 Å². The summed E-state index contributed by atoms with van der Waals surface area (Å²) < 4.78 is 5.78. The second-order valence-electron chi connectivity index (χ2n) is 5.03. The average molecular weight is 247 g/mol. The number of ether oxygens (including phenoxy) is 1. The standard InChI is InChI=1S/C16H25NO/c1-3-13-8-7-9-14(4-2)16(13)17-12-15-10-5-6-11-18-15/h7-9,15,17H,3-6,10-12H2,1-2H3. The van der Waals surface area contributed by atoms with Crippen LogP contribution in [0, 0.1) is 0 Å². The van der Waals surface area contributed by atoms with Crippen LogP contribution in [0.15, 0.2) is 18.2 Å². The zero-order valence-corrected chi connectivity index (χ0v) is 11.7. The Kier molecular flexibility index (Phi) is 5.06. The summed E-state index contributed by atoms with van der Waals surface area (Å²) in [5.74, 6) is 0. The molecule has 1 aromatic rings. The predicted molar refractivity (Wildman–Crippen MR) is 77.3 cm³/mol. The second kappa shape index (κ2) is 6.79. The Morgan fingerprint density at radius 2 is 1.89 bits per heavy atom.